The van der Waals surface area contributed by atoms with Crippen molar-refractivity contribution in [3.05, 3.63) is 0 Å². The highest BCUT2D eigenvalue weighted by molar-refractivity contribution is 5.66. The molecule has 270 valence electrons. The predicted molar refractivity (Wildman–Crippen MR) is 168 cm³/mol. The SMILES string of the molecule is CC(=O)O[C@@H]1C[C@@]23C[C@@]24CC[C@H](O[C@@H]2OC[C@@H](O)[C@H](O)[C@H]2O)C(C)(C)[C@@H]4CC[C@H]3[C@]2(C)CC3O[C@]4(C[C@@H](C)[C@@H]3[C@@]12C)O[C@H](O)[C@@]1(C)O[C@@H]41. The van der Waals surface area contributed by atoms with Crippen molar-refractivity contribution < 1.29 is 53.6 Å². The van der Waals surface area contributed by atoms with Crippen LogP contribution in [-0.4, -0.2) is 99.7 Å². The van der Waals surface area contributed by atoms with Crippen LogP contribution in [-0.2, 0) is 33.2 Å². The molecule has 19 atom stereocenters. The number of hydrogen-bond acceptors (Lipinski definition) is 11. The Morgan fingerprint density at radius 2 is 1.56 bits per heavy atom. The van der Waals surface area contributed by atoms with Crippen LogP contribution in [0.2, 0.25) is 0 Å². The Kier molecular flexibility index (Phi) is 6.70. The number of fused-ring (bicyclic) bond motifs is 6. The molecule has 0 aromatic rings. The van der Waals surface area contributed by atoms with Gasteiger partial charge in [0.15, 0.2) is 12.6 Å². The van der Waals surface area contributed by atoms with E-state index < -0.39 is 42.3 Å². The van der Waals surface area contributed by atoms with E-state index in [1.807, 2.05) is 6.92 Å². The van der Waals surface area contributed by atoms with Gasteiger partial charge < -0.3 is 48.8 Å². The topological polar surface area (TPSA) is 157 Å². The van der Waals surface area contributed by atoms with Crippen LogP contribution < -0.4 is 0 Å². The van der Waals surface area contributed by atoms with E-state index in [2.05, 4.69) is 34.6 Å². The van der Waals surface area contributed by atoms with Crippen molar-refractivity contribution in [1.82, 2.24) is 0 Å². The van der Waals surface area contributed by atoms with Crippen LogP contribution in [0.1, 0.15) is 99.8 Å². The predicted octanol–water partition coefficient (Wildman–Crippen LogP) is 3.03. The molecular weight excluding hydrogens is 620 g/mol. The summed E-state index contributed by atoms with van der Waals surface area (Å²) in [4.78, 5) is 12.9. The number of hydrogen-bond donors (Lipinski definition) is 4. The van der Waals surface area contributed by atoms with Gasteiger partial charge in [0.1, 0.15) is 36.1 Å². The molecule has 11 heteroatoms. The summed E-state index contributed by atoms with van der Waals surface area (Å²) in [5, 5.41) is 41.7. The van der Waals surface area contributed by atoms with Crippen LogP contribution in [0.3, 0.4) is 0 Å². The summed E-state index contributed by atoms with van der Waals surface area (Å²) < 4.78 is 37.9. The van der Waals surface area contributed by atoms with Gasteiger partial charge in [0, 0.05) is 18.8 Å². The summed E-state index contributed by atoms with van der Waals surface area (Å²) in [6.45, 7) is 15.1. The number of ether oxygens (including phenoxy) is 6. The van der Waals surface area contributed by atoms with E-state index in [1.165, 1.54) is 0 Å². The lowest BCUT2D eigenvalue weighted by molar-refractivity contribution is -0.346. The maximum Gasteiger partial charge on any atom is 0.302 e. The van der Waals surface area contributed by atoms with E-state index in [4.69, 9.17) is 28.4 Å². The lowest BCUT2D eigenvalue weighted by Crippen LogP contribution is -2.64. The van der Waals surface area contributed by atoms with Crippen molar-refractivity contribution in [2.75, 3.05) is 6.61 Å². The van der Waals surface area contributed by atoms with Gasteiger partial charge in [-0.1, -0.05) is 34.6 Å². The zero-order valence-electron chi connectivity index (χ0n) is 29.5. The van der Waals surface area contributed by atoms with E-state index in [0.29, 0.717) is 18.3 Å². The number of esters is 1. The number of carbonyl (C=O) groups is 1. The molecule has 5 aliphatic carbocycles. The summed E-state index contributed by atoms with van der Waals surface area (Å²) in [7, 11) is 0. The molecule has 0 bridgehead atoms. The Morgan fingerprint density at radius 3 is 2.23 bits per heavy atom. The fraction of sp³-hybridized carbons (Fsp3) is 0.973. The third-order valence-corrected chi connectivity index (χ3v) is 16.8. The minimum Gasteiger partial charge on any atom is -0.462 e. The summed E-state index contributed by atoms with van der Waals surface area (Å²) in [5.41, 5.74) is -1.23. The van der Waals surface area contributed by atoms with Gasteiger partial charge in [0.25, 0.3) is 0 Å². The number of aliphatic hydroxyl groups is 4. The molecule has 11 nitrogen and oxygen atoms in total. The lowest BCUT2D eigenvalue weighted by atomic mass is 9.41. The molecule has 1 unspecified atom stereocenters. The second-order valence-electron chi connectivity index (χ2n) is 18.9. The monoisotopic (exact) mass is 676 g/mol. The van der Waals surface area contributed by atoms with Gasteiger partial charge in [0.2, 0.25) is 5.79 Å². The van der Waals surface area contributed by atoms with Crippen LogP contribution in [0, 0.1) is 50.7 Å². The molecule has 48 heavy (non-hydrogen) atoms. The molecule has 4 aliphatic heterocycles. The Balaban J connectivity index is 1.03. The molecule has 4 N–H and O–H groups in total. The molecule has 4 saturated heterocycles. The molecule has 0 amide bonds. The second-order valence-corrected chi connectivity index (χ2v) is 18.9. The van der Waals surface area contributed by atoms with E-state index in [1.54, 1.807) is 6.92 Å². The van der Waals surface area contributed by atoms with E-state index >= 15 is 0 Å². The van der Waals surface area contributed by atoms with Gasteiger partial charge in [-0.3, -0.25) is 4.79 Å². The Labute approximate surface area is 283 Å². The molecule has 0 aromatic carbocycles. The Bertz CT molecular complexity index is 1390. The Morgan fingerprint density at radius 1 is 0.833 bits per heavy atom. The maximum atomic E-state index is 12.9. The van der Waals surface area contributed by atoms with Gasteiger partial charge in [-0.05, 0) is 97.2 Å². The zero-order valence-corrected chi connectivity index (χ0v) is 29.5. The van der Waals surface area contributed by atoms with Crippen molar-refractivity contribution in [2.45, 2.75) is 167 Å². The summed E-state index contributed by atoms with van der Waals surface area (Å²) in [6.07, 6.45) is 0.880. The van der Waals surface area contributed by atoms with Crippen molar-refractivity contribution >= 4 is 5.97 Å². The first-order valence-electron chi connectivity index (χ1n) is 18.6. The van der Waals surface area contributed by atoms with E-state index in [-0.39, 0.29) is 75.9 Å². The first kappa shape index (κ1) is 33.0. The molecule has 3 spiro atoms. The van der Waals surface area contributed by atoms with Gasteiger partial charge in [0.05, 0.1) is 18.8 Å². The fourth-order valence-electron chi connectivity index (χ4n) is 14.6. The summed E-state index contributed by atoms with van der Waals surface area (Å²) in [6, 6.07) is 0. The maximum absolute atomic E-state index is 12.9. The van der Waals surface area contributed by atoms with E-state index in [9.17, 15) is 25.2 Å². The van der Waals surface area contributed by atoms with Crippen molar-refractivity contribution in [3.8, 4) is 0 Å². The van der Waals surface area contributed by atoms with Crippen molar-refractivity contribution in [1.29, 1.82) is 0 Å². The van der Waals surface area contributed by atoms with Crippen LogP contribution in [0.5, 0.6) is 0 Å². The number of aliphatic hydroxyl groups excluding tert-OH is 4. The van der Waals surface area contributed by atoms with E-state index in [0.717, 1.165) is 44.9 Å². The highest BCUT2D eigenvalue weighted by atomic mass is 16.8. The smallest absolute Gasteiger partial charge is 0.302 e. The normalized spacial score (nSPS) is 63.3. The standard InChI is InChI=1S/C37H56O11/c1-17-12-37(29-34(7,47-29)30(42)48-37)46-20-13-32(5)22-9-8-21-31(3,4)23(45-28-27(41)26(40)19(39)15-43-28)10-11-35(21)16-36(22,35)14-24(44-18(2)38)33(32,6)25(17)20/h17,19-30,39-42H,8-16H2,1-7H3/t17-,19-,20?,21+,22+,23+,24-,25+,26+,27-,28+,29-,30+,32+,33-,34+,35-,36+,37-/m1/s1. The third kappa shape index (κ3) is 3.74. The molecule has 9 rings (SSSR count). The first-order valence-corrected chi connectivity index (χ1v) is 18.6. The number of epoxide rings is 1. The minimum atomic E-state index is -1.31. The van der Waals surface area contributed by atoms with Gasteiger partial charge in [-0.15, -0.1) is 0 Å². The molecule has 9 fully saturated rings. The fourth-order valence-corrected chi connectivity index (χ4v) is 14.6. The molecular formula is C37H56O11. The van der Waals surface area contributed by atoms with Gasteiger partial charge >= 0.3 is 5.97 Å². The summed E-state index contributed by atoms with van der Waals surface area (Å²) >= 11 is 0. The lowest BCUT2D eigenvalue weighted by Gasteiger charge is -2.65. The van der Waals surface area contributed by atoms with Crippen LogP contribution in [0.25, 0.3) is 0 Å². The molecule has 4 heterocycles. The highest BCUT2D eigenvalue weighted by Crippen LogP contribution is 2.89. The van der Waals surface area contributed by atoms with Gasteiger partial charge in [-0.2, -0.15) is 0 Å². The van der Waals surface area contributed by atoms with Crippen LogP contribution in [0.4, 0.5) is 0 Å². The minimum absolute atomic E-state index is 0.0420. The zero-order chi connectivity index (χ0) is 34.2. The van der Waals surface area contributed by atoms with Crippen molar-refractivity contribution in [2.24, 2.45) is 50.7 Å². The largest absolute Gasteiger partial charge is 0.462 e. The molecule has 5 saturated carbocycles. The number of rotatable bonds is 3. The highest BCUT2D eigenvalue weighted by Gasteiger charge is 2.87. The number of carbonyl (C=O) groups excluding carboxylic acids is 1. The van der Waals surface area contributed by atoms with Gasteiger partial charge in [-0.25, -0.2) is 0 Å². The molecule has 0 radical (unpaired) electrons. The second kappa shape index (κ2) is 9.75. The Hall–Kier alpha value is -0.890. The summed E-state index contributed by atoms with van der Waals surface area (Å²) in [5.74, 6) is 0.0295. The van der Waals surface area contributed by atoms with Crippen LogP contribution >= 0.6 is 0 Å². The quantitative estimate of drug-likeness (QED) is 0.198. The average molecular weight is 677 g/mol. The van der Waals surface area contributed by atoms with Crippen LogP contribution in [0.15, 0.2) is 0 Å². The third-order valence-electron chi connectivity index (χ3n) is 16.8. The van der Waals surface area contributed by atoms with Crippen molar-refractivity contribution in [3.63, 3.8) is 0 Å². The first-order chi connectivity index (χ1) is 22.4. The average Bonchev–Trinajstić information content (AvgIpc) is 3.84. The molecule has 0 aromatic heterocycles. The molecule has 9 aliphatic rings.